The Kier molecular flexibility index (Phi) is 6.37. The van der Waals surface area contributed by atoms with Crippen LogP contribution in [0.5, 0.6) is 11.5 Å². The van der Waals surface area contributed by atoms with Crippen molar-refractivity contribution >= 4 is 11.6 Å². The summed E-state index contributed by atoms with van der Waals surface area (Å²) in [5.41, 5.74) is 1.90. The van der Waals surface area contributed by atoms with Crippen LogP contribution in [-0.4, -0.2) is 18.7 Å². The molecule has 0 atom stereocenters. The van der Waals surface area contributed by atoms with Gasteiger partial charge in [0.15, 0.2) is 11.5 Å². The fourth-order valence-corrected chi connectivity index (χ4v) is 2.08. The molecule has 0 spiro atoms. The van der Waals surface area contributed by atoms with Gasteiger partial charge in [-0.05, 0) is 42.3 Å². The second-order valence-electron chi connectivity index (χ2n) is 4.91. The van der Waals surface area contributed by atoms with Crippen molar-refractivity contribution in [2.75, 3.05) is 13.7 Å². The molecule has 5 heteroatoms. The van der Waals surface area contributed by atoms with Crippen molar-refractivity contribution in [1.82, 2.24) is 4.98 Å². The van der Waals surface area contributed by atoms with Crippen molar-refractivity contribution in [2.45, 2.75) is 12.8 Å². The number of pyridine rings is 1. The van der Waals surface area contributed by atoms with Gasteiger partial charge in [-0.2, -0.15) is 10.5 Å². The Balaban J connectivity index is 2.25. The molecule has 0 unspecified atom stereocenters. The molecule has 0 aliphatic carbocycles. The Morgan fingerprint density at radius 2 is 2.08 bits per heavy atom. The maximum atomic E-state index is 9.37. The molecule has 1 heterocycles. The standard InChI is InChI=1S/C19H17N3O2/c1-23-18-8-7-15(13-19(18)24-11-5-3-9-20)12-16(14-21)17-6-2-4-10-22-17/h2,4,6-8,10,12-13H,3,5,11H2,1H3/b16-12-. The van der Waals surface area contributed by atoms with Crippen LogP contribution in [0.15, 0.2) is 42.6 Å². The Bertz CT molecular complexity index is 786. The largest absolute Gasteiger partial charge is 0.493 e. The minimum absolute atomic E-state index is 0.433. The highest BCUT2D eigenvalue weighted by molar-refractivity contribution is 5.88. The van der Waals surface area contributed by atoms with Crippen LogP contribution in [0.4, 0.5) is 0 Å². The van der Waals surface area contributed by atoms with Gasteiger partial charge < -0.3 is 9.47 Å². The zero-order valence-electron chi connectivity index (χ0n) is 13.4. The lowest BCUT2D eigenvalue weighted by Gasteiger charge is -2.11. The van der Waals surface area contributed by atoms with Crippen LogP contribution in [0, 0.1) is 22.7 Å². The number of nitrogens with zero attached hydrogens (tertiary/aromatic N) is 3. The Hall–Kier alpha value is -3.31. The molecule has 5 nitrogen and oxygen atoms in total. The molecule has 0 saturated heterocycles. The van der Waals surface area contributed by atoms with E-state index in [1.165, 1.54) is 0 Å². The summed E-state index contributed by atoms with van der Waals surface area (Å²) in [6.07, 6.45) is 4.50. The monoisotopic (exact) mass is 319 g/mol. The van der Waals surface area contributed by atoms with Crippen molar-refractivity contribution in [1.29, 1.82) is 10.5 Å². The molecule has 24 heavy (non-hydrogen) atoms. The van der Waals surface area contributed by atoms with E-state index in [9.17, 15) is 5.26 Å². The van der Waals surface area contributed by atoms with Gasteiger partial charge in [-0.3, -0.25) is 4.98 Å². The molecule has 0 amide bonds. The molecular weight excluding hydrogens is 302 g/mol. The van der Waals surface area contributed by atoms with E-state index in [1.807, 2.05) is 18.2 Å². The van der Waals surface area contributed by atoms with E-state index in [0.717, 1.165) is 5.56 Å². The summed E-state index contributed by atoms with van der Waals surface area (Å²) in [7, 11) is 1.57. The van der Waals surface area contributed by atoms with Crippen LogP contribution in [0.1, 0.15) is 24.1 Å². The highest BCUT2D eigenvalue weighted by Gasteiger charge is 2.07. The van der Waals surface area contributed by atoms with Crippen LogP contribution >= 0.6 is 0 Å². The minimum Gasteiger partial charge on any atom is -0.493 e. The summed E-state index contributed by atoms with van der Waals surface area (Å²) >= 11 is 0. The van der Waals surface area contributed by atoms with Crippen LogP contribution in [0.25, 0.3) is 11.6 Å². The molecule has 0 N–H and O–H groups in total. The third-order valence-corrected chi connectivity index (χ3v) is 3.25. The fourth-order valence-electron chi connectivity index (χ4n) is 2.08. The van der Waals surface area contributed by atoms with Crippen LogP contribution < -0.4 is 9.47 Å². The summed E-state index contributed by atoms with van der Waals surface area (Å²) in [4.78, 5) is 4.19. The first-order valence-corrected chi connectivity index (χ1v) is 7.49. The number of hydrogen-bond donors (Lipinski definition) is 0. The average Bonchev–Trinajstić information content (AvgIpc) is 2.64. The van der Waals surface area contributed by atoms with E-state index in [-0.39, 0.29) is 0 Å². The van der Waals surface area contributed by atoms with Gasteiger partial charge >= 0.3 is 0 Å². The molecule has 1 aromatic heterocycles. The number of unbranched alkanes of at least 4 members (excludes halogenated alkanes) is 1. The van der Waals surface area contributed by atoms with Crippen LogP contribution in [-0.2, 0) is 0 Å². The van der Waals surface area contributed by atoms with E-state index in [4.69, 9.17) is 14.7 Å². The van der Waals surface area contributed by atoms with E-state index in [0.29, 0.717) is 42.2 Å². The molecule has 2 rings (SSSR count). The average molecular weight is 319 g/mol. The zero-order valence-corrected chi connectivity index (χ0v) is 13.4. The fraction of sp³-hybridized carbons (Fsp3) is 0.211. The number of aromatic nitrogens is 1. The number of methoxy groups -OCH3 is 1. The smallest absolute Gasteiger partial charge is 0.161 e. The normalized spacial score (nSPS) is 10.5. The summed E-state index contributed by atoms with van der Waals surface area (Å²) in [6.45, 7) is 0.433. The molecule has 0 aliphatic rings. The summed E-state index contributed by atoms with van der Waals surface area (Å²) in [6, 6.07) is 15.1. The molecule has 2 aromatic rings. The second-order valence-corrected chi connectivity index (χ2v) is 4.91. The quantitative estimate of drug-likeness (QED) is 0.572. The van der Waals surface area contributed by atoms with Crippen molar-refractivity contribution in [2.24, 2.45) is 0 Å². The second kappa shape index (κ2) is 8.97. The Labute approximate surface area is 141 Å². The first-order valence-electron chi connectivity index (χ1n) is 7.49. The predicted molar refractivity (Wildman–Crippen MR) is 91.1 cm³/mol. The lowest BCUT2D eigenvalue weighted by atomic mass is 10.1. The third kappa shape index (κ3) is 4.59. The number of allylic oxidation sites excluding steroid dienone is 1. The molecule has 0 aliphatic heterocycles. The van der Waals surface area contributed by atoms with Gasteiger partial charge in [0.25, 0.3) is 0 Å². The number of hydrogen-bond acceptors (Lipinski definition) is 5. The van der Waals surface area contributed by atoms with Crippen molar-refractivity contribution in [3.05, 3.63) is 53.9 Å². The van der Waals surface area contributed by atoms with E-state index < -0.39 is 0 Å². The zero-order chi connectivity index (χ0) is 17.2. The topological polar surface area (TPSA) is 78.9 Å². The van der Waals surface area contributed by atoms with Gasteiger partial charge in [0.1, 0.15) is 6.07 Å². The van der Waals surface area contributed by atoms with Gasteiger partial charge in [0, 0.05) is 12.6 Å². The number of rotatable bonds is 7. The molecule has 0 saturated carbocycles. The first kappa shape index (κ1) is 17.1. The highest BCUT2D eigenvalue weighted by Crippen LogP contribution is 2.29. The molecule has 1 aromatic carbocycles. The number of ether oxygens (including phenoxy) is 2. The maximum absolute atomic E-state index is 9.37. The van der Waals surface area contributed by atoms with Gasteiger partial charge in [-0.25, -0.2) is 0 Å². The SMILES string of the molecule is COc1ccc(/C=C(/C#N)c2ccccn2)cc1OCCCC#N. The van der Waals surface area contributed by atoms with E-state index in [1.54, 1.807) is 37.6 Å². The molecule has 0 bridgehead atoms. The first-order chi connectivity index (χ1) is 11.8. The molecule has 0 fully saturated rings. The van der Waals surface area contributed by atoms with Gasteiger partial charge in [0.05, 0.1) is 31.1 Å². The summed E-state index contributed by atoms with van der Waals surface area (Å²) in [5.74, 6) is 1.20. The Morgan fingerprint density at radius 3 is 2.75 bits per heavy atom. The summed E-state index contributed by atoms with van der Waals surface area (Å²) < 4.78 is 11.0. The van der Waals surface area contributed by atoms with Crippen molar-refractivity contribution in [3.8, 4) is 23.6 Å². The number of benzene rings is 1. The van der Waals surface area contributed by atoms with E-state index >= 15 is 0 Å². The van der Waals surface area contributed by atoms with Crippen molar-refractivity contribution < 1.29 is 9.47 Å². The van der Waals surface area contributed by atoms with Crippen LogP contribution in [0.3, 0.4) is 0 Å². The van der Waals surface area contributed by atoms with Gasteiger partial charge in [-0.1, -0.05) is 12.1 Å². The minimum atomic E-state index is 0.433. The maximum Gasteiger partial charge on any atom is 0.161 e. The third-order valence-electron chi connectivity index (χ3n) is 3.25. The van der Waals surface area contributed by atoms with Crippen LogP contribution in [0.2, 0.25) is 0 Å². The Morgan fingerprint density at radius 1 is 1.21 bits per heavy atom. The lowest BCUT2D eigenvalue weighted by Crippen LogP contribution is -1.99. The molecular formula is C19H17N3O2. The summed E-state index contributed by atoms with van der Waals surface area (Å²) in [5, 5.41) is 17.9. The number of nitriles is 2. The van der Waals surface area contributed by atoms with Gasteiger partial charge in [-0.15, -0.1) is 0 Å². The van der Waals surface area contributed by atoms with Crippen molar-refractivity contribution in [3.63, 3.8) is 0 Å². The lowest BCUT2D eigenvalue weighted by molar-refractivity contribution is 0.290. The molecule has 0 radical (unpaired) electrons. The van der Waals surface area contributed by atoms with E-state index in [2.05, 4.69) is 17.1 Å². The molecule has 120 valence electrons. The van der Waals surface area contributed by atoms with Gasteiger partial charge in [0.2, 0.25) is 0 Å². The predicted octanol–water partition coefficient (Wildman–Crippen LogP) is 3.84. The highest BCUT2D eigenvalue weighted by atomic mass is 16.5.